The third-order valence-corrected chi connectivity index (χ3v) is 1.50. The minimum atomic E-state index is 0.883. The maximum Gasteiger partial charge on any atom is 0.0462 e. The van der Waals surface area contributed by atoms with Crippen molar-refractivity contribution in [2.75, 3.05) is 40.4 Å². The van der Waals surface area contributed by atoms with Gasteiger partial charge in [-0.05, 0) is 26.4 Å². The summed E-state index contributed by atoms with van der Waals surface area (Å²) in [7, 11) is 3.71. The lowest BCUT2D eigenvalue weighted by atomic mass is 10.3. The van der Waals surface area contributed by atoms with Gasteiger partial charge in [0, 0.05) is 26.8 Å². The monoisotopic (exact) mass is 160 g/mol. The van der Waals surface area contributed by atoms with Gasteiger partial charge in [-0.3, -0.25) is 0 Å². The predicted octanol–water partition coefficient (Wildman–Crippen LogP) is 0.222. The molecule has 2 N–H and O–H groups in total. The predicted molar refractivity (Wildman–Crippen MR) is 47.9 cm³/mol. The zero-order valence-corrected chi connectivity index (χ0v) is 7.65. The van der Waals surface area contributed by atoms with Crippen molar-refractivity contribution in [1.82, 2.24) is 10.6 Å². The number of nitrogens with one attached hydrogen (secondary N) is 2. The van der Waals surface area contributed by atoms with E-state index in [0.717, 1.165) is 32.7 Å². The first-order valence-electron chi connectivity index (χ1n) is 4.26. The van der Waals surface area contributed by atoms with Gasteiger partial charge in [-0.25, -0.2) is 0 Å². The molecule has 3 nitrogen and oxygen atoms in total. The molecular weight excluding hydrogens is 140 g/mol. The van der Waals surface area contributed by atoms with Crippen LogP contribution in [0.25, 0.3) is 0 Å². The van der Waals surface area contributed by atoms with Crippen LogP contribution in [-0.2, 0) is 4.74 Å². The Kier molecular flexibility index (Phi) is 9.77. The van der Waals surface area contributed by atoms with Gasteiger partial charge in [0.05, 0.1) is 0 Å². The maximum atomic E-state index is 4.93. The quantitative estimate of drug-likeness (QED) is 0.498. The molecule has 0 aromatic rings. The highest BCUT2D eigenvalue weighted by Crippen LogP contribution is 1.85. The summed E-state index contributed by atoms with van der Waals surface area (Å²) in [6.07, 6.45) is 2.36. The van der Waals surface area contributed by atoms with Crippen LogP contribution < -0.4 is 10.6 Å². The van der Waals surface area contributed by atoms with Crippen molar-refractivity contribution in [3.63, 3.8) is 0 Å². The molecule has 0 aromatic carbocycles. The molecule has 0 spiro atoms. The SMILES string of the molecule is CNCCNCCCCOC. The van der Waals surface area contributed by atoms with Crippen LogP contribution in [0.1, 0.15) is 12.8 Å². The Bertz CT molecular complexity index is 61.1. The molecule has 11 heavy (non-hydrogen) atoms. The number of unbranched alkanes of at least 4 members (excludes halogenated alkanes) is 1. The molecule has 0 atom stereocenters. The van der Waals surface area contributed by atoms with Crippen molar-refractivity contribution >= 4 is 0 Å². The Morgan fingerprint density at radius 1 is 1.09 bits per heavy atom. The van der Waals surface area contributed by atoms with Gasteiger partial charge >= 0.3 is 0 Å². The summed E-state index contributed by atoms with van der Waals surface area (Å²) in [5.41, 5.74) is 0. The van der Waals surface area contributed by atoms with Crippen LogP contribution in [0.15, 0.2) is 0 Å². The Morgan fingerprint density at radius 3 is 2.55 bits per heavy atom. The lowest BCUT2D eigenvalue weighted by Crippen LogP contribution is -2.25. The van der Waals surface area contributed by atoms with Crippen LogP contribution in [-0.4, -0.2) is 40.4 Å². The highest BCUT2D eigenvalue weighted by Gasteiger charge is 1.86. The van der Waals surface area contributed by atoms with E-state index in [-0.39, 0.29) is 0 Å². The fourth-order valence-electron chi connectivity index (χ4n) is 0.835. The minimum absolute atomic E-state index is 0.883. The maximum absolute atomic E-state index is 4.93. The van der Waals surface area contributed by atoms with Crippen LogP contribution >= 0.6 is 0 Å². The molecule has 0 fully saturated rings. The molecule has 0 saturated heterocycles. The summed E-state index contributed by atoms with van der Waals surface area (Å²) in [5, 5.41) is 6.41. The van der Waals surface area contributed by atoms with Gasteiger partial charge in [-0.15, -0.1) is 0 Å². The lowest BCUT2D eigenvalue weighted by Gasteiger charge is -2.02. The fraction of sp³-hybridized carbons (Fsp3) is 1.00. The van der Waals surface area contributed by atoms with E-state index in [1.54, 1.807) is 7.11 Å². The first-order valence-corrected chi connectivity index (χ1v) is 4.26. The normalized spacial score (nSPS) is 10.4. The Balaban J connectivity index is 2.69. The van der Waals surface area contributed by atoms with Gasteiger partial charge in [0.1, 0.15) is 0 Å². The van der Waals surface area contributed by atoms with Gasteiger partial charge in [0.15, 0.2) is 0 Å². The molecule has 0 aliphatic rings. The Morgan fingerprint density at radius 2 is 1.91 bits per heavy atom. The third-order valence-electron chi connectivity index (χ3n) is 1.50. The van der Waals surface area contributed by atoms with Crippen LogP contribution in [0, 0.1) is 0 Å². The van der Waals surface area contributed by atoms with Gasteiger partial charge in [-0.1, -0.05) is 0 Å². The van der Waals surface area contributed by atoms with E-state index < -0.39 is 0 Å². The van der Waals surface area contributed by atoms with Crippen molar-refractivity contribution in [3.8, 4) is 0 Å². The summed E-state index contributed by atoms with van der Waals surface area (Å²) in [6, 6.07) is 0. The highest BCUT2D eigenvalue weighted by molar-refractivity contribution is 4.49. The zero-order valence-electron chi connectivity index (χ0n) is 7.65. The van der Waals surface area contributed by atoms with E-state index in [4.69, 9.17) is 4.74 Å². The van der Waals surface area contributed by atoms with Crippen LogP contribution in [0.3, 0.4) is 0 Å². The number of likely N-dealkylation sites (N-methyl/N-ethyl adjacent to an activating group) is 1. The molecule has 0 aliphatic carbocycles. The molecule has 0 aromatic heterocycles. The zero-order chi connectivity index (χ0) is 8.36. The largest absolute Gasteiger partial charge is 0.385 e. The molecule has 0 saturated carbocycles. The van der Waals surface area contributed by atoms with Crippen LogP contribution in [0.2, 0.25) is 0 Å². The van der Waals surface area contributed by atoms with Crippen molar-refractivity contribution in [3.05, 3.63) is 0 Å². The van der Waals surface area contributed by atoms with Crippen molar-refractivity contribution in [1.29, 1.82) is 0 Å². The van der Waals surface area contributed by atoms with E-state index in [0.29, 0.717) is 0 Å². The second-order valence-electron chi connectivity index (χ2n) is 2.55. The summed E-state index contributed by atoms with van der Waals surface area (Å²) in [6.45, 7) is 4.09. The Labute approximate surface area is 69.5 Å². The number of methoxy groups -OCH3 is 1. The van der Waals surface area contributed by atoms with Crippen molar-refractivity contribution < 1.29 is 4.74 Å². The number of hydrogen-bond donors (Lipinski definition) is 2. The topological polar surface area (TPSA) is 33.3 Å². The van der Waals surface area contributed by atoms with E-state index in [2.05, 4.69) is 10.6 Å². The van der Waals surface area contributed by atoms with Gasteiger partial charge < -0.3 is 15.4 Å². The average Bonchev–Trinajstić information content (AvgIpc) is 2.03. The van der Waals surface area contributed by atoms with Gasteiger partial charge in [0.2, 0.25) is 0 Å². The standard InChI is InChI=1S/C8H20N2O/c1-9-6-7-10-5-3-4-8-11-2/h9-10H,3-8H2,1-2H3. The van der Waals surface area contributed by atoms with Crippen molar-refractivity contribution in [2.24, 2.45) is 0 Å². The third kappa shape index (κ3) is 9.88. The first-order chi connectivity index (χ1) is 5.41. The van der Waals surface area contributed by atoms with Crippen LogP contribution in [0.5, 0.6) is 0 Å². The van der Waals surface area contributed by atoms with Crippen molar-refractivity contribution in [2.45, 2.75) is 12.8 Å². The average molecular weight is 160 g/mol. The Hall–Kier alpha value is -0.120. The second-order valence-corrected chi connectivity index (χ2v) is 2.55. The smallest absolute Gasteiger partial charge is 0.0462 e. The number of hydrogen-bond acceptors (Lipinski definition) is 3. The highest BCUT2D eigenvalue weighted by atomic mass is 16.5. The number of ether oxygens (including phenoxy) is 1. The molecule has 68 valence electrons. The minimum Gasteiger partial charge on any atom is -0.385 e. The molecule has 3 heteroatoms. The molecule has 0 rings (SSSR count). The summed E-state index contributed by atoms with van der Waals surface area (Å²) in [5.74, 6) is 0. The molecule has 0 heterocycles. The lowest BCUT2D eigenvalue weighted by molar-refractivity contribution is 0.192. The number of rotatable bonds is 8. The molecule has 0 bridgehead atoms. The van der Waals surface area contributed by atoms with E-state index >= 15 is 0 Å². The summed E-state index contributed by atoms with van der Waals surface area (Å²) >= 11 is 0. The molecule has 0 unspecified atom stereocenters. The van der Waals surface area contributed by atoms with E-state index in [1.165, 1.54) is 6.42 Å². The second kappa shape index (κ2) is 9.88. The summed E-state index contributed by atoms with van der Waals surface area (Å²) in [4.78, 5) is 0. The molecule has 0 aliphatic heterocycles. The summed E-state index contributed by atoms with van der Waals surface area (Å²) < 4.78 is 4.93. The first kappa shape index (κ1) is 10.9. The van der Waals surface area contributed by atoms with E-state index in [9.17, 15) is 0 Å². The fourth-order valence-corrected chi connectivity index (χ4v) is 0.835. The van der Waals surface area contributed by atoms with E-state index in [1.807, 2.05) is 7.05 Å². The van der Waals surface area contributed by atoms with Gasteiger partial charge in [0.25, 0.3) is 0 Å². The molecule has 0 radical (unpaired) electrons. The molecular formula is C8H20N2O. The van der Waals surface area contributed by atoms with Gasteiger partial charge in [-0.2, -0.15) is 0 Å². The van der Waals surface area contributed by atoms with Crippen LogP contribution in [0.4, 0.5) is 0 Å². The molecule has 0 amide bonds.